The van der Waals surface area contributed by atoms with Crippen molar-refractivity contribution in [3.8, 4) is 0 Å². The molecular formula is C18H28N2O. The minimum Gasteiger partial charge on any atom is -0.349 e. The molecular weight excluding hydrogens is 260 g/mol. The molecule has 0 aliphatic heterocycles. The molecule has 1 saturated carbocycles. The predicted molar refractivity (Wildman–Crippen MR) is 85.7 cm³/mol. The van der Waals surface area contributed by atoms with Crippen LogP contribution in [0.3, 0.4) is 0 Å². The first-order valence-corrected chi connectivity index (χ1v) is 8.08. The van der Waals surface area contributed by atoms with Crippen molar-refractivity contribution in [3.05, 3.63) is 30.1 Å². The standard InChI is InChI=1S/C18H28N2O/c1-13(14-9-11-19-12-10-14)20-17(21)15-5-7-16(8-6-15)18(2,3)4/h9-13,15-16H,5-8H2,1-4H3,(H,20,21). The molecule has 1 atom stereocenters. The molecule has 1 aliphatic rings. The van der Waals surface area contributed by atoms with E-state index in [1.807, 2.05) is 19.1 Å². The van der Waals surface area contributed by atoms with Crippen molar-refractivity contribution in [2.24, 2.45) is 17.3 Å². The normalized spacial score (nSPS) is 24.4. The highest BCUT2D eigenvalue weighted by atomic mass is 16.1. The minimum absolute atomic E-state index is 0.0563. The molecule has 0 saturated heterocycles. The van der Waals surface area contributed by atoms with Crippen LogP contribution in [-0.2, 0) is 4.79 Å². The predicted octanol–water partition coefficient (Wildman–Crippen LogP) is 4.11. The summed E-state index contributed by atoms with van der Waals surface area (Å²) in [5.41, 5.74) is 1.48. The van der Waals surface area contributed by atoms with Gasteiger partial charge in [-0.1, -0.05) is 20.8 Å². The number of nitrogens with zero attached hydrogens (tertiary/aromatic N) is 1. The Hall–Kier alpha value is -1.38. The molecule has 21 heavy (non-hydrogen) atoms. The monoisotopic (exact) mass is 288 g/mol. The van der Waals surface area contributed by atoms with Gasteiger partial charge in [0.25, 0.3) is 0 Å². The summed E-state index contributed by atoms with van der Waals surface area (Å²) in [6, 6.07) is 3.98. The summed E-state index contributed by atoms with van der Waals surface area (Å²) < 4.78 is 0. The van der Waals surface area contributed by atoms with Crippen molar-refractivity contribution in [1.29, 1.82) is 0 Å². The van der Waals surface area contributed by atoms with Gasteiger partial charge < -0.3 is 5.32 Å². The van der Waals surface area contributed by atoms with Gasteiger partial charge in [0, 0.05) is 18.3 Å². The SMILES string of the molecule is CC(NC(=O)C1CCC(C(C)(C)C)CC1)c1ccncc1. The van der Waals surface area contributed by atoms with Crippen LogP contribution in [0.2, 0.25) is 0 Å². The number of amides is 1. The molecule has 0 bridgehead atoms. The molecule has 0 spiro atoms. The van der Waals surface area contributed by atoms with Crippen LogP contribution in [0.15, 0.2) is 24.5 Å². The van der Waals surface area contributed by atoms with Crippen LogP contribution in [0, 0.1) is 17.3 Å². The number of rotatable bonds is 3. The van der Waals surface area contributed by atoms with Crippen LogP contribution >= 0.6 is 0 Å². The summed E-state index contributed by atoms with van der Waals surface area (Å²) in [6.07, 6.45) is 7.93. The average Bonchev–Trinajstić information content (AvgIpc) is 2.47. The summed E-state index contributed by atoms with van der Waals surface area (Å²) in [4.78, 5) is 16.4. The Labute approximate surface area is 128 Å². The fraction of sp³-hybridized carbons (Fsp3) is 0.667. The minimum atomic E-state index is 0.0563. The van der Waals surface area contributed by atoms with E-state index in [4.69, 9.17) is 0 Å². The smallest absolute Gasteiger partial charge is 0.223 e. The molecule has 1 fully saturated rings. The Balaban J connectivity index is 1.85. The van der Waals surface area contributed by atoms with Crippen LogP contribution < -0.4 is 5.32 Å². The summed E-state index contributed by atoms with van der Waals surface area (Å²) in [6.45, 7) is 8.96. The Morgan fingerprint density at radius 3 is 2.29 bits per heavy atom. The quantitative estimate of drug-likeness (QED) is 0.909. The number of carbonyl (C=O) groups is 1. The molecule has 1 N–H and O–H groups in total. The fourth-order valence-electron chi connectivity index (χ4n) is 3.29. The number of aromatic nitrogens is 1. The van der Waals surface area contributed by atoms with E-state index in [2.05, 4.69) is 31.1 Å². The van der Waals surface area contributed by atoms with Gasteiger partial charge in [0.2, 0.25) is 5.91 Å². The van der Waals surface area contributed by atoms with Crippen molar-refractivity contribution in [2.75, 3.05) is 0 Å². The number of hydrogen-bond acceptors (Lipinski definition) is 2. The second-order valence-corrected chi connectivity index (χ2v) is 7.43. The average molecular weight is 288 g/mol. The number of nitrogens with one attached hydrogen (secondary N) is 1. The summed E-state index contributed by atoms with van der Waals surface area (Å²) in [5.74, 6) is 1.15. The van der Waals surface area contributed by atoms with E-state index in [-0.39, 0.29) is 17.9 Å². The zero-order valence-corrected chi connectivity index (χ0v) is 13.7. The van der Waals surface area contributed by atoms with E-state index in [0.29, 0.717) is 5.41 Å². The molecule has 0 radical (unpaired) electrons. The molecule has 1 unspecified atom stereocenters. The molecule has 1 amide bonds. The van der Waals surface area contributed by atoms with E-state index in [1.165, 1.54) is 12.8 Å². The second kappa shape index (κ2) is 6.59. The first-order chi connectivity index (χ1) is 9.88. The Morgan fingerprint density at radius 1 is 1.19 bits per heavy atom. The molecule has 2 rings (SSSR count). The third-order valence-electron chi connectivity index (χ3n) is 4.89. The topological polar surface area (TPSA) is 42.0 Å². The highest BCUT2D eigenvalue weighted by Gasteiger charge is 2.32. The van der Waals surface area contributed by atoms with Gasteiger partial charge in [0.1, 0.15) is 0 Å². The van der Waals surface area contributed by atoms with Crippen LogP contribution in [0.4, 0.5) is 0 Å². The second-order valence-electron chi connectivity index (χ2n) is 7.43. The van der Waals surface area contributed by atoms with Gasteiger partial charge in [-0.25, -0.2) is 0 Å². The molecule has 3 heteroatoms. The van der Waals surface area contributed by atoms with Gasteiger partial charge >= 0.3 is 0 Å². The third-order valence-corrected chi connectivity index (χ3v) is 4.89. The van der Waals surface area contributed by atoms with Crippen LogP contribution in [-0.4, -0.2) is 10.9 Å². The number of carbonyl (C=O) groups excluding carboxylic acids is 1. The van der Waals surface area contributed by atoms with Crippen LogP contribution in [0.5, 0.6) is 0 Å². The zero-order valence-electron chi connectivity index (χ0n) is 13.7. The summed E-state index contributed by atoms with van der Waals surface area (Å²) in [5, 5.41) is 3.15. The lowest BCUT2D eigenvalue weighted by Gasteiger charge is -2.36. The maximum Gasteiger partial charge on any atom is 0.223 e. The molecule has 3 nitrogen and oxygen atoms in total. The molecule has 1 heterocycles. The Kier molecular flexibility index (Phi) is 5.02. The van der Waals surface area contributed by atoms with Crippen molar-refractivity contribution in [1.82, 2.24) is 10.3 Å². The third kappa shape index (κ3) is 4.29. The van der Waals surface area contributed by atoms with Crippen molar-refractivity contribution in [3.63, 3.8) is 0 Å². The maximum atomic E-state index is 12.4. The van der Waals surface area contributed by atoms with E-state index in [9.17, 15) is 4.79 Å². The van der Waals surface area contributed by atoms with E-state index < -0.39 is 0 Å². The highest BCUT2D eigenvalue weighted by Crippen LogP contribution is 2.39. The fourth-order valence-corrected chi connectivity index (χ4v) is 3.29. The van der Waals surface area contributed by atoms with E-state index in [0.717, 1.165) is 24.3 Å². The summed E-state index contributed by atoms with van der Waals surface area (Å²) >= 11 is 0. The van der Waals surface area contributed by atoms with Gasteiger partial charge in [0.15, 0.2) is 0 Å². The number of hydrogen-bond donors (Lipinski definition) is 1. The Bertz CT molecular complexity index is 456. The summed E-state index contributed by atoms with van der Waals surface area (Å²) in [7, 11) is 0. The van der Waals surface area contributed by atoms with Gasteiger partial charge in [-0.2, -0.15) is 0 Å². The van der Waals surface area contributed by atoms with E-state index in [1.54, 1.807) is 12.4 Å². The first kappa shape index (κ1) is 16.0. The molecule has 1 aliphatic carbocycles. The zero-order chi connectivity index (χ0) is 15.5. The van der Waals surface area contributed by atoms with Gasteiger partial charge in [0.05, 0.1) is 6.04 Å². The maximum absolute atomic E-state index is 12.4. The van der Waals surface area contributed by atoms with Crippen molar-refractivity contribution in [2.45, 2.75) is 59.4 Å². The molecule has 116 valence electrons. The van der Waals surface area contributed by atoms with Crippen molar-refractivity contribution < 1.29 is 4.79 Å². The van der Waals surface area contributed by atoms with Crippen molar-refractivity contribution >= 4 is 5.91 Å². The highest BCUT2D eigenvalue weighted by molar-refractivity contribution is 5.79. The van der Waals surface area contributed by atoms with Crippen LogP contribution in [0.1, 0.15) is 65.0 Å². The van der Waals surface area contributed by atoms with Gasteiger partial charge in [-0.05, 0) is 61.6 Å². The lowest BCUT2D eigenvalue weighted by molar-refractivity contribution is -0.127. The largest absolute Gasteiger partial charge is 0.349 e. The molecule has 0 aromatic carbocycles. The molecule has 1 aromatic heterocycles. The lowest BCUT2D eigenvalue weighted by Crippen LogP contribution is -2.36. The van der Waals surface area contributed by atoms with E-state index >= 15 is 0 Å². The first-order valence-electron chi connectivity index (χ1n) is 8.08. The molecule has 1 aromatic rings. The number of pyridine rings is 1. The van der Waals surface area contributed by atoms with Gasteiger partial charge in [-0.3, -0.25) is 9.78 Å². The lowest BCUT2D eigenvalue weighted by atomic mass is 9.69. The van der Waals surface area contributed by atoms with Crippen LogP contribution in [0.25, 0.3) is 0 Å². The Morgan fingerprint density at radius 2 is 1.76 bits per heavy atom. The van der Waals surface area contributed by atoms with Gasteiger partial charge in [-0.15, -0.1) is 0 Å².